The molecule has 1 aliphatic heterocycles. The molecular formula is C18H21Cl2N3S2. The van der Waals surface area contributed by atoms with Crippen molar-refractivity contribution in [2.45, 2.75) is 31.8 Å². The van der Waals surface area contributed by atoms with Gasteiger partial charge >= 0.3 is 0 Å². The fourth-order valence-corrected chi connectivity index (χ4v) is 4.81. The smallest absolute Gasteiger partial charge is 0.171 e. The fourth-order valence-electron chi connectivity index (χ4n) is 3.25. The number of nitrogens with zero attached hydrogens (tertiary/aromatic N) is 1. The second-order valence-corrected chi connectivity index (χ2v) is 8.42. The van der Waals surface area contributed by atoms with Crippen LogP contribution in [-0.2, 0) is 0 Å². The van der Waals surface area contributed by atoms with Crippen LogP contribution in [0.25, 0.3) is 0 Å². The van der Waals surface area contributed by atoms with Crippen molar-refractivity contribution in [3.63, 3.8) is 0 Å². The molecule has 7 heteroatoms. The topological polar surface area (TPSA) is 27.3 Å². The van der Waals surface area contributed by atoms with Gasteiger partial charge < -0.3 is 10.6 Å². The van der Waals surface area contributed by atoms with Crippen molar-refractivity contribution in [2.24, 2.45) is 0 Å². The average molecular weight is 414 g/mol. The molecule has 0 aliphatic carbocycles. The first-order valence-corrected chi connectivity index (χ1v) is 10.4. The zero-order chi connectivity index (χ0) is 17.8. The van der Waals surface area contributed by atoms with E-state index in [2.05, 4.69) is 40.0 Å². The Labute approximate surface area is 168 Å². The third kappa shape index (κ3) is 4.86. The Hall–Kier alpha value is -0.850. The maximum Gasteiger partial charge on any atom is 0.171 e. The quantitative estimate of drug-likeness (QED) is 0.626. The predicted octanol–water partition coefficient (Wildman–Crippen LogP) is 5.57. The van der Waals surface area contributed by atoms with Gasteiger partial charge in [0.2, 0.25) is 0 Å². The number of likely N-dealkylation sites (tertiary alicyclic amines) is 1. The van der Waals surface area contributed by atoms with Crippen molar-refractivity contribution >= 4 is 57.6 Å². The minimum Gasteiger partial charge on any atom is -0.358 e. The summed E-state index contributed by atoms with van der Waals surface area (Å²) in [5.74, 6) is 0. The van der Waals surface area contributed by atoms with Gasteiger partial charge in [-0.1, -0.05) is 29.3 Å². The Balaban J connectivity index is 1.66. The van der Waals surface area contributed by atoms with Crippen LogP contribution < -0.4 is 10.6 Å². The molecule has 3 nitrogen and oxygen atoms in total. The molecule has 0 bridgehead atoms. The number of rotatable bonds is 5. The van der Waals surface area contributed by atoms with Gasteiger partial charge in [-0.15, -0.1) is 11.3 Å². The van der Waals surface area contributed by atoms with Gasteiger partial charge in [0.15, 0.2) is 5.11 Å². The first-order chi connectivity index (χ1) is 12.0. The van der Waals surface area contributed by atoms with Gasteiger partial charge in [-0.3, -0.25) is 4.90 Å². The van der Waals surface area contributed by atoms with Crippen LogP contribution in [0.1, 0.15) is 30.7 Å². The van der Waals surface area contributed by atoms with Crippen molar-refractivity contribution in [1.29, 1.82) is 0 Å². The fraction of sp³-hybridized carbons (Fsp3) is 0.389. The number of nitrogens with one attached hydrogen (secondary N) is 2. The number of halogens is 2. The van der Waals surface area contributed by atoms with E-state index in [-0.39, 0.29) is 6.04 Å². The van der Waals surface area contributed by atoms with Crippen LogP contribution in [0.15, 0.2) is 35.7 Å². The second-order valence-electron chi connectivity index (χ2n) is 6.22. The van der Waals surface area contributed by atoms with Gasteiger partial charge in [-0.25, -0.2) is 0 Å². The van der Waals surface area contributed by atoms with E-state index in [9.17, 15) is 0 Å². The van der Waals surface area contributed by atoms with E-state index in [1.54, 1.807) is 23.5 Å². The lowest BCUT2D eigenvalue weighted by molar-refractivity contribution is 0.214. The summed E-state index contributed by atoms with van der Waals surface area (Å²) in [6.45, 7) is 4.47. The Morgan fingerprint density at radius 1 is 1.20 bits per heavy atom. The second kappa shape index (κ2) is 8.69. The third-order valence-corrected chi connectivity index (χ3v) is 6.28. The molecule has 0 saturated carbocycles. The van der Waals surface area contributed by atoms with Crippen LogP contribution in [0.3, 0.4) is 0 Å². The Bertz CT molecular complexity index is 715. The van der Waals surface area contributed by atoms with Gasteiger partial charge in [0, 0.05) is 16.6 Å². The lowest BCUT2D eigenvalue weighted by Crippen LogP contribution is -2.45. The van der Waals surface area contributed by atoms with Crippen LogP contribution in [0.5, 0.6) is 0 Å². The zero-order valence-electron chi connectivity index (χ0n) is 14.0. The molecule has 1 aliphatic rings. The molecule has 1 saturated heterocycles. The highest BCUT2D eigenvalue weighted by Gasteiger charge is 2.29. The standard InChI is InChI=1S/C18H21Cl2N3S2/c1-12(17(16-5-4-10-25-16)23-8-2-3-9-23)21-18(24)22-13-6-7-14(19)15(20)11-13/h4-7,10-12,17H,2-3,8-9H2,1H3,(H2,21,22,24)/t12-,17+/m1/s1. The van der Waals surface area contributed by atoms with E-state index in [1.165, 1.54) is 17.7 Å². The Morgan fingerprint density at radius 2 is 1.96 bits per heavy atom. The molecule has 25 heavy (non-hydrogen) atoms. The lowest BCUT2D eigenvalue weighted by Gasteiger charge is -2.33. The maximum absolute atomic E-state index is 6.07. The average Bonchev–Trinajstić information content (AvgIpc) is 3.25. The molecule has 134 valence electrons. The van der Waals surface area contributed by atoms with Crippen molar-refractivity contribution in [1.82, 2.24) is 10.2 Å². The molecule has 0 amide bonds. The highest BCUT2D eigenvalue weighted by molar-refractivity contribution is 7.80. The van der Waals surface area contributed by atoms with Gasteiger partial charge in [-0.05, 0) is 74.7 Å². The van der Waals surface area contributed by atoms with Crippen LogP contribution in [0.4, 0.5) is 5.69 Å². The first-order valence-electron chi connectivity index (χ1n) is 8.34. The normalized spacial score (nSPS) is 17.2. The van der Waals surface area contributed by atoms with Crippen molar-refractivity contribution < 1.29 is 0 Å². The third-order valence-electron chi connectivity index (χ3n) is 4.38. The van der Waals surface area contributed by atoms with Crippen LogP contribution >= 0.6 is 46.8 Å². The Morgan fingerprint density at radius 3 is 2.60 bits per heavy atom. The minimum absolute atomic E-state index is 0.194. The van der Waals surface area contributed by atoms with E-state index in [1.807, 2.05) is 6.07 Å². The summed E-state index contributed by atoms with van der Waals surface area (Å²) < 4.78 is 0. The van der Waals surface area contributed by atoms with Crippen LogP contribution in [0, 0.1) is 0 Å². The van der Waals surface area contributed by atoms with Gasteiger partial charge in [0.1, 0.15) is 0 Å². The number of thiophene rings is 1. The summed E-state index contributed by atoms with van der Waals surface area (Å²) >= 11 is 19.3. The zero-order valence-corrected chi connectivity index (χ0v) is 17.1. The molecule has 0 radical (unpaired) electrons. The number of hydrogen-bond donors (Lipinski definition) is 2. The number of hydrogen-bond acceptors (Lipinski definition) is 3. The molecule has 1 aromatic heterocycles. The van der Waals surface area contributed by atoms with E-state index in [0.717, 1.165) is 18.8 Å². The molecule has 0 unspecified atom stereocenters. The van der Waals surface area contributed by atoms with E-state index >= 15 is 0 Å². The molecular weight excluding hydrogens is 393 g/mol. The minimum atomic E-state index is 0.194. The van der Waals surface area contributed by atoms with Crippen molar-refractivity contribution in [2.75, 3.05) is 18.4 Å². The summed E-state index contributed by atoms with van der Waals surface area (Å²) in [5, 5.41) is 10.4. The van der Waals surface area contributed by atoms with Gasteiger partial charge in [-0.2, -0.15) is 0 Å². The molecule has 3 rings (SSSR count). The highest BCUT2D eigenvalue weighted by Crippen LogP contribution is 2.31. The molecule has 1 aromatic carbocycles. The molecule has 1 fully saturated rings. The summed E-state index contributed by atoms with van der Waals surface area (Å²) in [6, 6.07) is 10.3. The maximum atomic E-state index is 6.07. The van der Waals surface area contributed by atoms with Crippen molar-refractivity contribution in [3.8, 4) is 0 Å². The summed E-state index contributed by atoms with van der Waals surface area (Å²) in [6.07, 6.45) is 2.53. The molecule has 2 N–H and O–H groups in total. The van der Waals surface area contributed by atoms with E-state index in [4.69, 9.17) is 35.4 Å². The molecule has 2 heterocycles. The van der Waals surface area contributed by atoms with E-state index < -0.39 is 0 Å². The monoisotopic (exact) mass is 413 g/mol. The molecule has 2 aromatic rings. The summed E-state index contributed by atoms with van der Waals surface area (Å²) in [4.78, 5) is 3.92. The summed E-state index contributed by atoms with van der Waals surface area (Å²) in [5.41, 5.74) is 0.827. The van der Waals surface area contributed by atoms with Crippen LogP contribution in [-0.4, -0.2) is 29.1 Å². The molecule has 2 atom stereocenters. The van der Waals surface area contributed by atoms with Crippen LogP contribution in [0.2, 0.25) is 10.0 Å². The highest BCUT2D eigenvalue weighted by atomic mass is 35.5. The lowest BCUT2D eigenvalue weighted by atomic mass is 10.1. The SMILES string of the molecule is C[C@@H](NC(=S)Nc1ccc(Cl)c(Cl)c1)[C@@H](c1cccs1)N1CCCC1. The van der Waals surface area contributed by atoms with E-state index in [0.29, 0.717) is 21.2 Å². The number of benzene rings is 1. The largest absolute Gasteiger partial charge is 0.358 e. The predicted molar refractivity (Wildman–Crippen MR) is 113 cm³/mol. The Kier molecular flexibility index (Phi) is 6.58. The molecule has 0 spiro atoms. The van der Waals surface area contributed by atoms with Gasteiger partial charge in [0.25, 0.3) is 0 Å². The number of thiocarbonyl (C=S) groups is 1. The summed E-state index contributed by atoms with van der Waals surface area (Å²) in [7, 11) is 0. The van der Waals surface area contributed by atoms with Gasteiger partial charge in [0.05, 0.1) is 16.1 Å². The first kappa shape index (κ1) is 18.9. The van der Waals surface area contributed by atoms with Crippen molar-refractivity contribution in [3.05, 3.63) is 50.6 Å². The number of anilines is 1.